The summed E-state index contributed by atoms with van der Waals surface area (Å²) in [4.78, 5) is 9.00. The van der Waals surface area contributed by atoms with E-state index >= 15 is 0 Å². The van der Waals surface area contributed by atoms with Crippen molar-refractivity contribution in [1.29, 1.82) is 0 Å². The molecule has 0 bridgehead atoms. The van der Waals surface area contributed by atoms with E-state index in [0.29, 0.717) is 0 Å². The average molecular weight is 152 g/mol. The predicted octanol–water partition coefficient (Wildman–Crippen LogP) is 0.383. The molecule has 0 fully saturated rings. The number of carboxylic acid groups (broad SMARTS) is 1. The molecule has 0 spiro atoms. The van der Waals surface area contributed by atoms with Crippen molar-refractivity contribution >= 4 is 43.7 Å². The van der Waals surface area contributed by atoms with Crippen LogP contribution in [0, 0.1) is 0 Å². The summed E-state index contributed by atoms with van der Waals surface area (Å²) in [5, 5.41) is 7.42. The quantitative estimate of drug-likeness (QED) is 0.510. The van der Waals surface area contributed by atoms with Crippen molar-refractivity contribution in [3.8, 4) is 0 Å². The number of carbonyl (C=O) groups is 1. The molecule has 3 N–H and O–H groups in total. The second kappa shape index (κ2) is 25.3. The van der Waals surface area contributed by atoms with Gasteiger partial charge in [-0.05, 0) is 0 Å². The zero-order valence-corrected chi connectivity index (χ0v) is 5.77. The van der Waals surface area contributed by atoms with Crippen molar-refractivity contribution in [3.63, 3.8) is 0 Å². The van der Waals surface area contributed by atoms with E-state index in [1.165, 1.54) is 0 Å². The number of aliphatic carboxylic acids is 1. The number of hydrogen-bond donors (Lipinski definition) is 1. The molecule has 0 aliphatic carbocycles. The monoisotopic (exact) mass is 152 g/mol. The SMILES string of the molecule is C.C.CC(=O)O.O.[Ca+2].[H-].[H-]. The van der Waals surface area contributed by atoms with Gasteiger partial charge in [0.25, 0.3) is 5.97 Å². The van der Waals surface area contributed by atoms with Crippen LogP contribution in [0.2, 0.25) is 0 Å². The minimum Gasteiger partial charge on any atom is -1.00 e. The van der Waals surface area contributed by atoms with Gasteiger partial charge in [-0.25, -0.2) is 0 Å². The molecular weight excluding hydrogens is 136 g/mol. The van der Waals surface area contributed by atoms with Gasteiger partial charge in [-0.15, -0.1) is 0 Å². The molecule has 0 heterocycles. The normalized spacial score (nSPS) is 3.12. The van der Waals surface area contributed by atoms with E-state index in [2.05, 4.69) is 0 Å². The largest absolute Gasteiger partial charge is 2.00 e. The van der Waals surface area contributed by atoms with Gasteiger partial charge >= 0.3 is 37.7 Å². The molecule has 0 aliphatic rings. The molecule has 0 aromatic rings. The van der Waals surface area contributed by atoms with Crippen molar-refractivity contribution < 1.29 is 18.2 Å². The molecule has 0 aromatic carbocycles. The van der Waals surface area contributed by atoms with E-state index < -0.39 is 5.97 Å². The maximum atomic E-state index is 9.00. The summed E-state index contributed by atoms with van der Waals surface area (Å²) in [6, 6.07) is 0. The molecule has 52 valence electrons. The third-order valence-corrected chi connectivity index (χ3v) is 0. The van der Waals surface area contributed by atoms with E-state index in [9.17, 15) is 0 Å². The van der Waals surface area contributed by atoms with Crippen molar-refractivity contribution in [1.82, 2.24) is 0 Å². The summed E-state index contributed by atoms with van der Waals surface area (Å²) >= 11 is 0. The predicted molar refractivity (Wildman–Crippen MR) is 38.4 cm³/mol. The van der Waals surface area contributed by atoms with E-state index in [1.54, 1.807) is 0 Å². The zero-order valence-electron chi connectivity index (χ0n) is 5.56. The smallest absolute Gasteiger partial charge is 1.00 e. The Morgan fingerprint density at radius 1 is 1.50 bits per heavy atom. The van der Waals surface area contributed by atoms with Crippen LogP contribution in [0.3, 0.4) is 0 Å². The van der Waals surface area contributed by atoms with Gasteiger partial charge in [-0.1, -0.05) is 14.9 Å². The van der Waals surface area contributed by atoms with Gasteiger partial charge in [-0.2, -0.15) is 0 Å². The Labute approximate surface area is 83.4 Å². The summed E-state index contributed by atoms with van der Waals surface area (Å²) in [5.74, 6) is -0.833. The van der Waals surface area contributed by atoms with Crippen molar-refractivity contribution in [2.24, 2.45) is 0 Å². The van der Waals surface area contributed by atoms with Gasteiger partial charge in [0.1, 0.15) is 0 Å². The molecule has 4 heteroatoms. The Morgan fingerprint density at radius 3 is 1.50 bits per heavy atom. The van der Waals surface area contributed by atoms with Crippen LogP contribution in [-0.4, -0.2) is 54.3 Å². The third-order valence-electron chi connectivity index (χ3n) is 0. The fraction of sp³-hybridized carbons (Fsp3) is 0.750. The molecule has 0 amide bonds. The van der Waals surface area contributed by atoms with E-state index in [0.717, 1.165) is 6.92 Å². The molecule has 0 unspecified atom stereocenters. The second-order valence-electron chi connectivity index (χ2n) is 0.519. The molecule has 0 saturated carbocycles. The topological polar surface area (TPSA) is 68.8 Å². The number of rotatable bonds is 0. The van der Waals surface area contributed by atoms with Crippen LogP contribution in [0.25, 0.3) is 0 Å². The number of hydrogen-bond acceptors (Lipinski definition) is 1. The van der Waals surface area contributed by atoms with Gasteiger partial charge in [0.2, 0.25) is 0 Å². The van der Waals surface area contributed by atoms with E-state index in [-0.39, 0.29) is 60.9 Å². The van der Waals surface area contributed by atoms with Crippen LogP contribution in [-0.2, 0) is 4.79 Å². The van der Waals surface area contributed by atoms with Crippen LogP contribution in [0.5, 0.6) is 0 Å². The minimum atomic E-state index is -0.833. The molecule has 0 rings (SSSR count). The first-order chi connectivity index (χ1) is 1.73. The molecule has 0 radical (unpaired) electrons. The van der Waals surface area contributed by atoms with Crippen molar-refractivity contribution in [3.05, 3.63) is 0 Å². The zero-order chi connectivity index (χ0) is 3.58. The molecule has 0 saturated heterocycles. The summed E-state index contributed by atoms with van der Waals surface area (Å²) in [6.45, 7) is 1.08. The molecule has 0 atom stereocenters. The van der Waals surface area contributed by atoms with E-state index in [1.807, 2.05) is 0 Å². The summed E-state index contributed by atoms with van der Waals surface area (Å²) in [7, 11) is 0. The van der Waals surface area contributed by atoms with E-state index in [4.69, 9.17) is 9.90 Å². The molecular formula is C4H16CaO3. The molecule has 0 aliphatic heterocycles. The minimum absolute atomic E-state index is 0. The maximum absolute atomic E-state index is 9.00. The van der Waals surface area contributed by atoms with Gasteiger partial charge in [0.05, 0.1) is 0 Å². The van der Waals surface area contributed by atoms with Gasteiger partial charge in [0, 0.05) is 6.92 Å². The fourth-order valence-electron chi connectivity index (χ4n) is 0. The van der Waals surface area contributed by atoms with Gasteiger partial charge < -0.3 is 13.4 Å². The van der Waals surface area contributed by atoms with Crippen LogP contribution in [0.15, 0.2) is 0 Å². The molecule has 3 nitrogen and oxygen atoms in total. The van der Waals surface area contributed by atoms with Gasteiger partial charge in [-0.3, -0.25) is 4.79 Å². The second-order valence-corrected chi connectivity index (χ2v) is 0.519. The van der Waals surface area contributed by atoms with Crippen LogP contribution >= 0.6 is 0 Å². The summed E-state index contributed by atoms with van der Waals surface area (Å²) < 4.78 is 0. The molecule has 0 aromatic heterocycles. The molecule has 8 heavy (non-hydrogen) atoms. The average Bonchev–Trinajstić information content (AvgIpc) is 0.811. The Kier molecular flexibility index (Phi) is 119. The summed E-state index contributed by atoms with van der Waals surface area (Å²) in [5.41, 5.74) is 0. The first-order valence-corrected chi connectivity index (χ1v) is 0.928. The fourth-order valence-corrected chi connectivity index (χ4v) is 0. The first kappa shape index (κ1) is 37.7. The van der Waals surface area contributed by atoms with Gasteiger partial charge in [0.15, 0.2) is 0 Å². The Balaban J connectivity index is -0.00000000300. The Hall–Kier alpha value is 0.690. The van der Waals surface area contributed by atoms with Crippen LogP contribution < -0.4 is 0 Å². The first-order valence-electron chi connectivity index (χ1n) is 0.928. The van der Waals surface area contributed by atoms with Crippen LogP contribution in [0.1, 0.15) is 24.6 Å². The van der Waals surface area contributed by atoms with Crippen molar-refractivity contribution in [2.45, 2.75) is 21.8 Å². The van der Waals surface area contributed by atoms with Crippen LogP contribution in [0.4, 0.5) is 0 Å². The summed E-state index contributed by atoms with van der Waals surface area (Å²) in [6.07, 6.45) is 0. The Bertz CT molecular complexity index is 41.5. The maximum Gasteiger partial charge on any atom is 2.00 e. The Morgan fingerprint density at radius 2 is 1.50 bits per heavy atom. The number of carboxylic acids is 1. The van der Waals surface area contributed by atoms with Crippen molar-refractivity contribution in [2.75, 3.05) is 0 Å². The third kappa shape index (κ3) is 455. The standard InChI is InChI=1S/C2H4O2.2CH4.Ca.H2O.2H/c1-2(3)4;;;;;;/h1H3,(H,3,4);2*1H4;;1H2;;/q;;;+2;;2*-1.